The van der Waals surface area contributed by atoms with Crippen molar-refractivity contribution in [3.8, 4) is 0 Å². The Kier molecular flexibility index (Phi) is 4.66. The van der Waals surface area contributed by atoms with Crippen molar-refractivity contribution < 1.29 is 9.53 Å². The summed E-state index contributed by atoms with van der Waals surface area (Å²) in [7, 11) is 0. The summed E-state index contributed by atoms with van der Waals surface area (Å²) in [6, 6.07) is 0.480. The summed E-state index contributed by atoms with van der Waals surface area (Å²) < 4.78 is 5.26. The molecule has 2 aliphatic heterocycles. The Morgan fingerprint density at radius 2 is 1.93 bits per heavy atom. The van der Waals surface area contributed by atoms with E-state index in [4.69, 9.17) is 4.74 Å². The van der Waals surface area contributed by atoms with Crippen molar-refractivity contribution >= 4 is 5.91 Å². The topological polar surface area (TPSA) is 29.5 Å². The minimum Gasteiger partial charge on any atom is -0.381 e. The molecule has 0 aliphatic carbocycles. The van der Waals surface area contributed by atoms with E-state index in [0.717, 1.165) is 45.4 Å². The lowest BCUT2D eigenvalue weighted by Crippen LogP contribution is -2.39. The maximum absolute atomic E-state index is 11.4. The highest BCUT2D eigenvalue weighted by Gasteiger charge is 2.28. The summed E-state index contributed by atoms with van der Waals surface area (Å²) in [5, 5.41) is 0. The van der Waals surface area contributed by atoms with Crippen molar-refractivity contribution in [2.45, 2.75) is 31.7 Å². The molecule has 0 unspecified atom stereocenters. The van der Waals surface area contributed by atoms with Gasteiger partial charge in [-0.15, -0.1) is 13.2 Å². The third-order valence-corrected chi connectivity index (χ3v) is 2.74. The Labute approximate surface area is 85.7 Å². The van der Waals surface area contributed by atoms with Gasteiger partial charge in [0.25, 0.3) is 0 Å². The number of ether oxygens (including phenoxy) is 1. The standard InChI is InChI=1S/C9H15NO2.C2H4/c11-9-2-1-5-10(9)8-3-6-12-7-4-8;1-2/h8H,1-7H2;1-2H2. The number of nitrogens with zero attached hydrogens (tertiary/aromatic N) is 1. The second-order valence-corrected chi connectivity index (χ2v) is 3.53. The van der Waals surface area contributed by atoms with Crippen LogP contribution in [0.1, 0.15) is 25.7 Å². The Morgan fingerprint density at radius 1 is 1.29 bits per heavy atom. The predicted octanol–water partition coefficient (Wildman–Crippen LogP) is 1.59. The molecular formula is C11H19NO2. The van der Waals surface area contributed by atoms with E-state index in [9.17, 15) is 4.79 Å². The van der Waals surface area contributed by atoms with Crippen LogP contribution in [0.25, 0.3) is 0 Å². The van der Waals surface area contributed by atoms with Crippen LogP contribution < -0.4 is 0 Å². The van der Waals surface area contributed by atoms with E-state index in [0.29, 0.717) is 11.9 Å². The van der Waals surface area contributed by atoms with E-state index in [1.54, 1.807) is 0 Å². The Hall–Kier alpha value is -0.830. The van der Waals surface area contributed by atoms with E-state index >= 15 is 0 Å². The zero-order chi connectivity index (χ0) is 10.4. The van der Waals surface area contributed by atoms with E-state index in [1.165, 1.54) is 0 Å². The number of amides is 1. The summed E-state index contributed by atoms with van der Waals surface area (Å²) in [5.74, 6) is 0.349. The first-order valence-corrected chi connectivity index (χ1v) is 5.25. The number of likely N-dealkylation sites (tertiary alicyclic amines) is 1. The van der Waals surface area contributed by atoms with Crippen molar-refractivity contribution in [3.63, 3.8) is 0 Å². The molecule has 0 bridgehead atoms. The molecule has 0 radical (unpaired) electrons. The molecule has 0 aromatic carbocycles. The first-order valence-electron chi connectivity index (χ1n) is 5.25. The van der Waals surface area contributed by atoms with Crippen LogP contribution in [0.4, 0.5) is 0 Å². The fourth-order valence-electron chi connectivity index (χ4n) is 2.05. The van der Waals surface area contributed by atoms with E-state index < -0.39 is 0 Å². The van der Waals surface area contributed by atoms with Crippen molar-refractivity contribution in [2.24, 2.45) is 0 Å². The minimum absolute atomic E-state index is 0.349. The zero-order valence-electron chi connectivity index (χ0n) is 8.71. The van der Waals surface area contributed by atoms with Crippen LogP contribution >= 0.6 is 0 Å². The van der Waals surface area contributed by atoms with E-state index in [1.807, 2.05) is 4.90 Å². The SMILES string of the molecule is C=C.O=C1CCCN1C1CCOCC1. The number of hydrogen-bond acceptors (Lipinski definition) is 2. The zero-order valence-corrected chi connectivity index (χ0v) is 8.71. The molecule has 0 N–H and O–H groups in total. The number of carbonyl (C=O) groups is 1. The van der Waals surface area contributed by atoms with Gasteiger partial charge in [-0.05, 0) is 19.3 Å². The minimum atomic E-state index is 0.349. The fourth-order valence-corrected chi connectivity index (χ4v) is 2.05. The highest BCUT2D eigenvalue weighted by Crippen LogP contribution is 2.20. The molecule has 0 spiro atoms. The quantitative estimate of drug-likeness (QED) is 0.597. The lowest BCUT2D eigenvalue weighted by molar-refractivity contribution is -0.131. The average Bonchev–Trinajstić information content (AvgIpc) is 2.69. The van der Waals surface area contributed by atoms with Crippen LogP contribution in [0, 0.1) is 0 Å². The lowest BCUT2D eigenvalue weighted by Gasteiger charge is -2.30. The molecule has 2 fully saturated rings. The molecule has 3 heteroatoms. The molecule has 80 valence electrons. The smallest absolute Gasteiger partial charge is 0.222 e. The highest BCUT2D eigenvalue weighted by atomic mass is 16.5. The van der Waals surface area contributed by atoms with Gasteiger partial charge in [-0.2, -0.15) is 0 Å². The molecule has 2 rings (SSSR count). The van der Waals surface area contributed by atoms with Crippen LogP contribution in [0.15, 0.2) is 13.2 Å². The van der Waals surface area contributed by atoms with Gasteiger partial charge >= 0.3 is 0 Å². The number of carbonyl (C=O) groups excluding carboxylic acids is 1. The molecular weight excluding hydrogens is 178 g/mol. The van der Waals surface area contributed by atoms with Crippen LogP contribution in [0.3, 0.4) is 0 Å². The van der Waals surface area contributed by atoms with Crippen LogP contribution in [-0.2, 0) is 9.53 Å². The third kappa shape index (κ3) is 2.58. The van der Waals surface area contributed by atoms with Gasteiger partial charge in [0, 0.05) is 32.2 Å². The Balaban J connectivity index is 0.000000461. The monoisotopic (exact) mass is 197 g/mol. The van der Waals surface area contributed by atoms with E-state index in [2.05, 4.69) is 13.2 Å². The second kappa shape index (κ2) is 5.81. The molecule has 2 saturated heterocycles. The van der Waals surface area contributed by atoms with Crippen LogP contribution in [0.5, 0.6) is 0 Å². The van der Waals surface area contributed by atoms with Crippen LogP contribution in [-0.4, -0.2) is 36.6 Å². The number of hydrogen-bond donors (Lipinski definition) is 0. The van der Waals surface area contributed by atoms with E-state index in [-0.39, 0.29) is 0 Å². The third-order valence-electron chi connectivity index (χ3n) is 2.74. The van der Waals surface area contributed by atoms with Crippen LogP contribution in [0.2, 0.25) is 0 Å². The average molecular weight is 197 g/mol. The van der Waals surface area contributed by atoms with Crippen molar-refractivity contribution in [1.82, 2.24) is 4.90 Å². The van der Waals surface area contributed by atoms with Crippen molar-refractivity contribution in [3.05, 3.63) is 13.2 Å². The fraction of sp³-hybridized carbons (Fsp3) is 0.727. The molecule has 2 aliphatic rings. The largest absolute Gasteiger partial charge is 0.381 e. The molecule has 3 nitrogen and oxygen atoms in total. The van der Waals surface area contributed by atoms with Gasteiger partial charge in [-0.1, -0.05) is 0 Å². The summed E-state index contributed by atoms with van der Waals surface area (Å²) in [6.45, 7) is 8.63. The van der Waals surface area contributed by atoms with Crippen molar-refractivity contribution in [2.75, 3.05) is 19.8 Å². The van der Waals surface area contributed by atoms with Gasteiger partial charge in [-0.3, -0.25) is 4.79 Å². The predicted molar refractivity (Wildman–Crippen MR) is 56.0 cm³/mol. The summed E-state index contributed by atoms with van der Waals surface area (Å²) in [5.41, 5.74) is 0. The summed E-state index contributed by atoms with van der Waals surface area (Å²) in [4.78, 5) is 13.4. The maximum Gasteiger partial charge on any atom is 0.222 e. The first kappa shape index (κ1) is 11.2. The molecule has 0 aromatic rings. The first-order chi connectivity index (χ1) is 6.88. The highest BCUT2D eigenvalue weighted by molar-refractivity contribution is 5.78. The maximum atomic E-state index is 11.4. The van der Waals surface area contributed by atoms with Gasteiger partial charge < -0.3 is 9.64 Å². The summed E-state index contributed by atoms with van der Waals surface area (Å²) in [6.07, 6.45) is 3.88. The molecule has 0 saturated carbocycles. The molecule has 14 heavy (non-hydrogen) atoms. The molecule has 0 atom stereocenters. The van der Waals surface area contributed by atoms with Crippen molar-refractivity contribution in [1.29, 1.82) is 0 Å². The van der Waals surface area contributed by atoms with Gasteiger partial charge in [0.05, 0.1) is 0 Å². The Morgan fingerprint density at radius 3 is 2.43 bits per heavy atom. The molecule has 1 amide bonds. The molecule has 0 aromatic heterocycles. The van der Waals surface area contributed by atoms with Gasteiger partial charge in [0.1, 0.15) is 0 Å². The number of rotatable bonds is 1. The van der Waals surface area contributed by atoms with Gasteiger partial charge in [-0.25, -0.2) is 0 Å². The molecule has 2 heterocycles. The lowest BCUT2D eigenvalue weighted by atomic mass is 10.1. The normalized spacial score (nSPS) is 23.1. The summed E-state index contributed by atoms with van der Waals surface area (Å²) >= 11 is 0. The van der Waals surface area contributed by atoms with Gasteiger partial charge in [0.2, 0.25) is 5.91 Å². The van der Waals surface area contributed by atoms with Gasteiger partial charge in [0.15, 0.2) is 0 Å². The second-order valence-electron chi connectivity index (χ2n) is 3.53. The Bertz CT molecular complexity index is 188.